The lowest BCUT2D eigenvalue weighted by atomic mass is 10.0. The summed E-state index contributed by atoms with van der Waals surface area (Å²) in [4.78, 5) is 13.6. The number of carbonyl (C=O) groups is 1. The fourth-order valence-electron chi connectivity index (χ4n) is 2.27. The zero-order valence-electron chi connectivity index (χ0n) is 13.4. The molecule has 1 N–H and O–H groups in total. The second-order valence-electron chi connectivity index (χ2n) is 5.45. The van der Waals surface area contributed by atoms with E-state index in [0.717, 1.165) is 16.9 Å². The van der Waals surface area contributed by atoms with Crippen LogP contribution in [0.15, 0.2) is 59.5 Å². The number of aryl methyl sites for hydroxylation is 1. The lowest BCUT2D eigenvalue weighted by Gasteiger charge is -2.20. The smallest absolute Gasteiger partial charge is 0.233 e. The number of hydrogen-bond acceptors (Lipinski definition) is 2. The van der Waals surface area contributed by atoms with E-state index in [1.54, 1.807) is 11.8 Å². The number of rotatable bonds is 6. The average molecular weight is 313 g/mol. The van der Waals surface area contributed by atoms with Gasteiger partial charge in [0.2, 0.25) is 5.91 Å². The van der Waals surface area contributed by atoms with Crippen LogP contribution in [-0.2, 0) is 4.79 Å². The van der Waals surface area contributed by atoms with Crippen LogP contribution in [0.25, 0.3) is 0 Å². The van der Waals surface area contributed by atoms with Crippen LogP contribution >= 0.6 is 11.8 Å². The van der Waals surface area contributed by atoms with Crippen LogP contribution in [0.1, 0.15) is 37.4 Å². The molecule has 0 aliphatic rings. The van der Waals surface area contributed by atoms with Crippen LogP contribution in [0, 0.1) is 6.92 Å². The highest BCUT2D eigenvalue weighted by Crippen LogP contribution is 2.25. The zero-order chi connectivity index (χ0) is 15.9. The summed E-state index contributed by atoms with van der Waals surface area (Å²) in [5.41, 5.74) is 2.39. The van der Waals surface area contributed by atoms with Gasteiger partial charge in [-0.05, 0) is 38.0 Å². The molecule has 116 valence electrons. The summed E-state index contributed by atoms with van der Waals surface area (Å²) in [5.74, 6) is 0.0845. The van der Waals surface area contributed by atoms with Crippen LogP contribution in [0.5, 0.6) is 0 Å². The van der Waals surface area contributed by atoms with Gasteiger partial charge in [0.15, 0.2) is 0 Å². The van der Waals surface area contributed by atoms with Gasteiger partial charge in [0, 0.05) is 4.90 Å². The van der Waals surface area contributed by atoms with Crippen molar-refractivity contribution < 1.29 is 4.79 Å². The summed E-state index contributed by atoms with van der Waals surface area (Å²) in [7, 11) is 0. The van der Waals surface area contributed by atoms with Gasteiger partial charge in [0.1, 0.15) is 0 Å². The van der Waals surface area contributed by atoms with Gasteiger partial charge in [-0.15, -0.1) is 11.8 Å². The molecule has 0 fully saturated rings. The summed E-state index contributed by atoms with van der Waals surface area (Å²) in [6.07, 6.45) is 0.887. The van der Waals surface area contributed by atoms with Crippen LogP contribution in [-0.4, -0.2) is 11.2 Å². The van der Waals surface area contributed by atoms with Crippen LogP contribution in [0.3, 0.4) is 0 Å². The minimum atomic E-state index is -0.111. The van der Waals surface area contributed by atoms with E-state index in [1.165, 1.54) is 5.56 Å². The van der Waals surface area contributed by atoms with E-state index in [4.69, 9.17) is 0 Å². The lowest BCUT2D eigenvalue weighted by Crippen LogP contribution is -2.34. The van der Waals surface area contributed by atoms with Gasteiger partial charge in [0.05, 0.1) is 11.3 Å². The molecule has 2 aromatic carbocycles. The van der Waals surface area contributed by atoms with Gasteiger partial charge in [0.25, 0.3) is 0 Å². The first-order valence-electron chi connectivity index (χ1n) is 7.68. The van der Waals surface area contributed by atoms with E-state index >= 15 is 0 Å². The Bertz CT molecular complexity index is 595. The molecule has 0 aliphatic heterocycles. The SMILES string of the molecule is CC[C@@H](NC(=O)[C@H](C)Sc1ccc(C)cc1)c1ccccc1. The molecule has 0 saturated carbocycles. The maximum atomic E-state index is 12.4. The van der Waals surface area contributed by atoms with Crippen LogP contribution < -0.4 is 5.32 Å². The zero-order valence-corrected chi connectivity index (χ0v) is 14.2. The number of carbonyl (C=O) groups excluding carboxylic acids is 1. The molecule has 0 radical (unpaired) electrons. The molecule has 0 saturated heterocycles. The predicted octanol–water partition coefficient (Wildman–Crippen LogP) is 4.74. The Morgan fingerprint density at radius 3 is 2.32 bits per heavy atom. The predicted molar refractivity (Wildman–Crippen MR) is 94.1 cm³/mol. The van der Waals surface area contributed by atoms with Crippen LogP contribution in [0.4, 0.5) is 0 Å². The summed E-state index contributed by atoms with van der Waals surface area (Å²) in [6, 6.07) is 18.5. The van der Waals surface area contributed by atoms with Crippen molar-refractivity contribution in [3.8, 4) is 0 Å². The molecular formula is C19H23NOS. The highest BCUT2D eigenvalue weighted by Gasteiger charge is 2.18. The van der Waals surface area contributed by atoms with Gasteiger partial charge in [-0.2, -0.15) is 0 Å². The third kappa shape index (κ3) is 4.63. The third-order valence-corrected chi connectivity index (χ3v) is 4.74. The second kappa shape index (κ2) is 8.04. The van der Waals surface area contributed by atoms with Crippen molar-refractivity contribution >= 4 is 17.7 Å². The standard InChI is InChI=1S/C19H23NOS/c1-4-18(16-8-6-5-7-9-16)20-19(21)15(3)22-17-12-10-14(2)11-13-17/h5-13,15,18H,4H2,1-3H3,(H,20,21)/t15-,18+/m0/s1. The molecule has 1 amide bonds. The molecule has 2 atom stereocenters. The highest BCUT2D eigenvalue weighted by atomic mass is 32.2. The van der Waals surface area contributed by atoms with Gasteiger partial charge < -0.3 is 5.32 Å². The Labute approximate surface area is 137 Å². The fraction of sp³-hybridized carbons (Fsp3) is 0.316. The van der Waals surface area contributed by atoms with E-state index in [9.17, 15) is 4.79 Å². The molecule has 3 heteroatoms. The first-order chi connectivity index (χ1) is 10.6. The van der Waals surface area contributed by atoms with E-state index < -0.39 is 0 Å². The molecular weight excluding hydrogens is 290 g/mol. The Kier molecular flexibility index (Phi) is 6.08. The summed E-state index contributed by atoms with van der Waals surface area (Å²) in [5, 5.41) is 3.04. The Morgan fingerprint density at radius 2 is 1.73 bits per heavy atom. The quantitative estimate of drug-likeness (QED) is 0.780. The number of nitrogens with one attached hydrogen (secondary N) is 1. The molecule has 0 heterocycles. The monoisotopic (exact) mass is 313 g/mol. The Hall–Kier alpha value is -1.74. The van der Waals surface area contributed by atoms with Crippen molar-refractivity contribution in [1.29, 1.82) is 0 Å². The van der Waals surface area contributed by atoms with Gasteiger partial charge in [-0.1, -0.05) is 55.0 Å². The molecule has 0 aliphatic carbocycles. The maximum Gasteiger partial charge on any atom is 0.233 e. The molecule has 2 rings (SSSR count). The topological polar surface area (TPSA) is 29.1 Å². The van der Waals surface area contributed by atoms with Gasteiger partial charge >= 0.3 is 0 Å². The molecule has 0 unspecified atom stereocenters. The van der Waals surface area contributed by atoms with Crippen molar-refractivity contribution in [2.24, 2.45) is 0 Å². The average Bonchev–Trinajstić information content (AvgIpc) is 2.55. The van der Waals surface area contributed by atoms with Crippen molar-refractivity contribution in [2.45, 2.75) is 43.4 Å². The first kappa shape index (κ1) is 16.6. The number of benzene rings is 2. The van der Waals surface area contributed by atoms with Crippen molar-refractivity contribution in [2.75, 3.05) is 0 Å². The third-order valence-electron chi connectivity index (χ3n) is 3.63. The molecule has 2 nitrogen and oxygen atoms in total. The van der Waals surface area contributed by atoms with E-state index in [0.29, 0.717) is 0 Å². The fourth-order valence-corrected chi connectivity index (χ4v) is 3.15. The lowest BCUT2D eigenvalue weighted by molar-refractivity contribution is -0.121. The van der Waals surface area contributed by atoms with E-state index in [-0.39, 0.29) is 17.2 Å². The summed E-state index contributed by atoms with van der Waals surface area (Å²) in [6.45, 7) is 6.11. The molecule has 2 aromatic rings. The molecule has 0 aromatic heterocycles. The number of thioether (sulfide) groups is 1. The minimum absolute atomic E-state index is 0.0785. The van der Waals surface area contributed by atoms with Crippen molar-refractivity contribution in [3.63, 3.8) is 0 Å². The van der Waals surface area contributed by atoms with E-state index in [2.05, 4.69) is 55.6 Å². The van der Waals surface area contributed by atoms with Gasteiger partial charge in [-0.3, -0.25) is 4.79 Å². The normalized spacial score (nSPS) is 13.4. The summed E-state index contributed by atoms with van der Waals surface area (Å²) >= 11 is 1.60. The Morgan fingerprint density at radius 1 is 1.09 bits per heavy atom. The number of amides is 1. The Balaban J connectivity index is 1.96. The highest BCUT2D eigenvalue weighted by molar-refractivity contribution is 8.00. The molecule has 0 spiro atoms. The van der Waals surface area contributed by atoms with Crippen LogP contribution in [0.2, 0.25) is 0 Å². The summed E-state index contributed by atoms with van der Waals surface area (Å²) < 4.78 is 0. The minimum Gasteiger partial charge on any atom is -0.348 e. The van der Waals surface area contributed by atoms with Gasteiger partial charge in [-0.25, -0.2) is 0 Å². The maximum absolute atomic E-state index is 12.4. The van der Waals surface area contributed by atoms with E-state index in [1.807, 2.05) is 25.1 Å². The number of hydrogen-bond donors (Lipinski definition) is 1. The first-order valence-corrected chi connectivity index (χ1v) is 8.56. The van der Waals surface area contributed by atoms with Crippen molar-refractivity contribution in [3.05, 3.63) is 65.7 Å². The second-order valence-corrected chi connectivity index (χ2v) is 6.87. The molecule has 22 heavy (non-hydrogen) atoms. The van der Waals surface area contributed by atoms with Crippen molar-refractivity contribution in [1.82, 2.24) is 5.32 Å². The molecule has 0 bridgehead atoms. The largest absolute Gasteiger partial charge is 0.348 e.